The first-order valence-electron chi connectivity index (χ1n) is 5.86. The molecule has 1 aromatic rings. The third kappa shape index (κ3) is 4.88. The lowest BCUT2D eigenvalue weighted by atomic mass is 10.1. The number of nitrogens with two attached hydrogens (primary N) is 1. The van der Waals surface area contributed by atoms with Crippen LogP contribution in [0.3, 0.4) is 0 Å². The van der Waals surface area contributed by atoms with Crippen LogP contribution in [0.25, 0.3) is 0 Å². The summed E-state index contributed by atoms with van der Waals surface area (Å²) in [5.74, 6) is -0.382. The Kier molecular flexibility index (Phi) is 5.99. The molecule has 1 aromatic carbocycles. The quantitative estimate of drug-likeness (QED) is 0.814. The number of hydrogen-bond donors (Lipinski definition) is 1. The average Bonchev–Trinajstić information content (AvgIpc) is 2.28. The van der Waals surface area contributed by atoms with Crippen molar-refractivity contribution in [2.75, 3.05) is 6.54 Å². The maximum atomic E-state index is 13.4. The van der Waals surface area contributed by atoms with Crippen molar-refractivity contribution in [3.63, 3.8) is 0 Å². The minimum atomic E-state index is -0.382. The fourth-order valence-electron chi connectivity index (χ4n) is 1.65. The van der Waals surface area contributed by atoms with E-state index >= 15 is 0 Å². The maximum Gasteiger partial charge on any atom is 0.142 e. The second-order valence-electron chi connectivity index (χ2n) is 4.53. The van der Waals surface area contributed by atoms with Crippen molar-refractivity contribution in [3.8, 4) is 0 Å². The molecule has 1 rings (SSSR count). The van der Waals surface area contributed by atoms with E-state index in [-0.39, 0.29) is 10.8 Å². The van der Waals surface area contributed by atoms with Gasteiger partial charge in [-0.1, -0.05) is 29.9 Å². The molecule has 0 saturated carbocycles. The van der Waals surface area contributed by atoms with Gasteiger partial charge < -0.3 is 5.73 Å². The van der Waals surface area contributed by atoms with Gasteiger partial charge in [-0.05, 0) is 31.5 Å². The van der Waals surface area contributed by atoms with Gasteiger partial charge in [-0.25, -0.2) is 4.39 Å². The van der Waals surface area contributed by atoms with Gasteiger partial charge in [-0.2, -0.15) is 0 Å². The van der Waals surface area contributed by atoms with E-state index in [1.807, 2.05) is 6.07 Å². The predicted molar refractivity (Wildman–Crippen MR) is 78.4 cm³/mol. The summed E-state index contributed by atoms with van der Waals surface area (Å²) in [6.07, 6.45) is 0.670. The molecule has 5 heteroatoms. The first-order valence-corrected chi connectivity index (χ1v) is 6.65. The Morgan fingerprint density at radius 1 is 1.50 bits per heavy atom. The molecule has 0 aliphatic rings. The predicted octanol–water partition coefficient (Wildman–Crippen LogP) is 3.37. The summed E-state index contributed by atoms with van der Waals surface area (Å²) in [6, 6.07) is 5.23. The van der Waals surface area contributed by atoms with Gasteiger partial charge in [-0.3, -0.25) is 4.90 Å². The van der Waals surface area contributed by atoms with Crippen molar-refractivity contribution in [1.82, 2.24) is 4.90 Å². The summed E-state index contributed by atoms with van der Waals surface area (Å²) in [7, 11) is 0. The molecule has 0 aliphatic heterocycles. The van der Waals surface area contributed by atoms with Crippen LogP contribution in [-0.2, 0) is 6.54 Å². The van der Waals surface area contributed by atoms with E-state index in [1.165, 1.54) is 6.07 Å². The molecule has 0 bridgehead atoms. The van der Waals surface area contributed by atoms with Crippen molar-refractivity contribution in [2.24, 2.45) is 5.73 Å². The zero-order valence-corrected chi connectivity index (χ0v) is 12.2. The number of thiocarbonyl (C=S) groups is 1. The molecule has 0 saturated heterocycles. The van der Waals surface area contributed by atoms with Crippen LogP contribution in [0.5, 0.6) is 0 Å². The van der Waals surface area contributed by atoms with Crippen LogP contribution >= 0.6 is 23.8 Å². The first-order chi connectivity index (χ1) is 8.40. The van der Waals surface area contributed by atoms with Crippen LogP contribution in [0, 0.1) is 5.82 Å². The summed E-state index contributed by atoms with van der Waals surface area (Å²) in [5.41, 5.74) is 6.40. The molecule has 0 atom stereocenters. The Labute approximate surface area is 118 Å². The fourth-order valence-corrected chi connectivity index (χ4v) is 1.85. The molecular formula is C13H18ClFN2S. The third-order valence-electron chi connectivity index (χ3n) is 2.75. The van der Waals surface area contributed by atoms with Crippen LogP contribution in [0.15, 0.2) is 18.2 Å². The number of nitrogens with zero attached hydrogens (tertiary/aromatic N) is 1. The minimum absolute atomic E-state index is 0.151. The summed E-state index contributed by atoms with van der Waals surface area (Å²) < 4.78 is 13.4. The Balaban J connectivity index is 2.70. The number of rotatable bonds is 6. The van der Waals surface area contributed by atoms with Gasteiger partial charge >= 0.3 is 0 Å². The summed E-state index contributed by atoms with van der Waals surface area (Å²) >= 11 is 10.5. The molecular weight excluding hydrogens is 271 g/mol. The van der Waals surface area contributed by atoms with Crippen molar-refractivity contribution in [1.29, 1.82) is 0 Å². The summed E-state index contributed by atoms with van der Waals surface area (Å²) in [4.78, 5) is 2.70. The Hall–Kier alpha value is -0.710. The van der Waals surface area contributed by atoms with Crippen LogP contribution in [0.4, 0.5) is 4.39 Å². The van der Waals surface area contributed by atoms with Crippen LogP contribution in [0.2, 0.25) is 5.02 Å². The van der Waals surface area contributed by atoms with E-state index < -0.39 is 0 Å². The molecule has 0 aromatic heterocycles. The minimum Gasteiger partial charge on any atom is -0.393 e. The smallest absolute Gasteiger partial charge is 0.142 e. The lowest BCUT2D eigenvalue weighted by Crippen LogP contribution is -2.33. The van der Waals surface area contributed by atoms with Crippen LogP contribution in [0.1, 0.15) is 25.8 Å². The molecule has 0 amide bonds. The summed E-state index contributed by atoms with van der Waals surface area (Å²) in [5, 5.41) is 0.151. The highest BCUT2D eigenvalue weighted by Gasteiger charge is 2.11. The average molecular weight is 289 g/mol. The molecule has 2 nitrogen and oxygen atoms in total. The Morgan fingerprint density at radius 2 is 2.17 bits per heavy atom. The molecule has 0 fully saturated rings. The van der Waals surface area contributed by atoms with Crippen molar-refractivity contribution >= 4 is 28.8 Å². The van der Waals surface area contributed by atoms with Gasteiger partial charge in [0.15, 0.2) is 0 Å². The largest absolute Gasteiger partial charge is 0.393 e. The topological polar surface area (TPSA) is 29.3 Å². The van der Waals surface area contributed by atoms with Crippen LogP contribution < -0.4 is 5.73 Å². The van der Waals surface area contributed by atoms with E-state index in [0.29, 0.717) is 24.0 Å². The van der Waals surface area contributed by atoms with Crippen molar-refractivity contribution in [3.05, 3.63) is 34.6 Å². The van der Waals surface area contributed by atoms with Gasteiger partial charge in [0.05, 0.1) is 10.0 Å². The Bertz CT molecular complexity index is 423. The monoisotopic (exact) mass is 288 g/mol. The molecule has 0 aliphatic carbocycles. The molecule has 0 unspecified atom stereocenters. The molecule has 100 valence electrons. The second kappa shape index (κ2) is 7.02. The van der Waals surface area contributed by atoms with Gasteiger partial charge in [0.2, 0.25) is 0 Å². The third-order valence-corrected chi connectivity index (χ3v) is 3.26. The molecule has 18 heavy (non-hydrogen) atoms. The van der Waals surface area contributed by atoms with Crippen molar-refractivity contribution in [2.45, 2.75) is 32.9 Å². The highest BCUT2D eigenvalue weighted by Crippen LogP contribution is 2.17. The van der Waals surface area contributed by atoms with Gasteiger partial charge in [0.1, 0.15) is 5.82 Å². The molecule has 0 radical (unpaired) electrons. The standard InChI is InChI=1S/C13H18ClFN2S/c1-9(2)17(6-5-13(16)18)8-10-3-4-11(14)12(15)7-10/h3-4,7,9H,5-6,8H2,1-2H3,(H2,16,18). The van der Waals surface area contributed by atoms with E-state index in [9.17, 15) is 4.39 Å². The number of hydrogen-bond acceptors (Lipinski definition) is 2. The molecule has 2 N–H and O–H groups in total. The van der Waals surface area contributed by atoms with Gasteiger partial charge in [0.25, 0.3) is 0 Å². The first kappa shape index (κ1) is 15.3. The van der Waals surface area contributed by atoms with Gasteiger partial charge in [0, 0.05) is 25.6 Å². The number of benzene rings is 1. The lowest BCUT2D eigenvalue weighted by molar-refractivity contribution is 0.219. The number of halogens is 2. The molecule has 0 heterocycles. The van der Waals surface area contributed by atoms with E-state index in [0.717, 1.165) is 12.1 Å². The van der Waals surface area contributed by atoms with Gasteiger partial charge in [-0.15, -0.1) is 0 Å². The lowest BCUT2D eigenvalue weighted by Gasteiger charge is -2.26. The van der Waals surface area contributed by atoms with E-state index in [2.05, 4.69) is 18.7 Å². The Morgan fingerprint density at radius 3 is 2.67 bits per heavy atom. The van der Waals surface area contributed by atoms with E-state index in [1.54, 1.807) is 6.07 Å². The normalized spacial score (nSPS) is 11.2. The highest BCUT2D eigenvalue weighted by molar-refractivity contribution is 7.80. The maximum absolute atomic E-state index is 13.4. The zero-order valence-electron chi connectivity index (χ0n) is 10.6. The molecule has 0 spiro atoms. The van der Waals surface area contributed by atoms with Crippen LogP contribution in [-0.4, -0.2) is 22.5 Å². The SMILES string of the molecule is CC(C)N(CCC(N)=S)Cc1ccc(Cl)c(F)c1. The zero-order chi connectivity index (χ0) is 13.7. The van der Waals surface area contributed by atoms with Crippen molar-refractivity contribution < 1.29 is 4.39 Å². The highest BCUT2D eigenvalue weighted by atomic mass is 35.5. The fraction of sp³-hybridized carbons (Fsp3) is 0.462. The van der Waals surface area contributed by atoms with E-state index in [4.69, 9.17) is 29.6 Å². The summed E-state index contributed by atoms with van der Waals surface area (Å²) in [6.45, 7) is 5.61. The second-order valence-corrected chi connectivity index (χ2v) is 5.46.